The summed E-state index contributed by atoms with van der Waals surface area (Å²) >= 11 is 0. The number of nitrogens with one attached hydrogen (secondary N) is 1. The fourth-order valence-electron chi connectivity index (χ4n) is 2.45. The Hall–Kier alpha value is -2.25. The molecule has 0 saturated carbocycles. The Labute approximate surface area is 148 Å². The third-order valence-electron chi connectivity index (χ3n) is 3.73. The molecule has 0 radical (unpaired) electrons. The molecule has 0 spiro atoms. The van der Waals surface area contributed by atoms with Gasteiger partial charge in [-0.3, -0.25) is 9.78 Å². The number of hydrogen-bond acceptors (Lipinski definition) is 4. The van der Waals surface area contributed by atoms with Crippen LogP contribution in [0.25, 0.3) is 0 Å². The average Bonchev–Trinajstić information content (AvgIpc) is 2.54. The van der Waals surface area contributed by atoms with E-state index in [1.807, 2.05) is 38.1 Å². The second kappa shape index (κ2) is 8.22. The smallest absolute Gasteiger partial charge is 0.239 e. The lowest BCUT2D eigenvalue weighted by Crippen LogP contribution is -2.37. The van der Waals surface area contributed by atoms with Gasteiger partial charge in [0.1, 0.15) is 0 Å². The topological polar surface area (TPSA) is 79.4 Å². The molecule has 1 aromatic carbocycles. The number of nitrogens with zero attached hydrogens (tertiary/aromatic N) is 2. The van der Waals surface area contributed by atoms with E-state index in [2.05, 4.69) is 10.3 Å². The summed E-state index contributed by atoms with van der Waals surface area (Å²) in [5, 5.41) is 2.82. The van der Waals surface area contributed by atoms with E-state index >= 15 is 0 Å². The number of carbonyl (C=O) groups excluding carboxylic acids is 1. The Morgan fingerprint density at radius 2 is 1.92 bits per heavy atom. The molecule has 0 bridgehead atoms. The molecule has 0 atom stereocenters. The van der Waals surface area contributed by atoms with E-state index in [9.17, 15) is 13.2 Å². The second-order valence-corrected chi connectivity index (χ2v) is 8.16. The van der Waals surface area contributed by atoms with Crippen LogP contribution in [0.1, 0.15) is 30.9 Å². The van der Waals surface area contributed by atoms with Crippen LogP contribution in [0.5, 0.6) is 0 Å². The van der Waals surface area contributed by atoms with Crippen molar-refractivity contribution in [2.45, 2.75) is 26.3 Å². The van der Waals surface area contributed by atoms with Crippen LogP contribution in [0.15, 0.2) is 48.8 Å². The number of amides is 1. The summed E-state index contributed by atoms with van der Waals surface area (Å²) in [6.45, 7) is 3.93. The number of benzene rings is 1. The van der Waals surface area contributed by atoms with Crippen molar-refractivity contribution in [1.82, 2.24) is 9.29 Å². The first-order valence-electron chi connectivity index (χ1n) is 8.00. The van der Waals surface area contributed by atoms with Gasteiger partial charge >= 0.3 is 0 Å². The normalized spacial score (nSPS) is 11.7. The molecule has 2 rings (SSSR count). The van der Waals surface area contributed by atoms with Crippen LogP contribution in [-0.2, 0) is 21.4 Å². The lowest BCUT2D eigenvalue weighted by Gasteiger charge is -2.20. The Bertz CT molecular complexity index is 820. The van der Waals surface area contributed by atoms with Crippen molar-refractivity contribution in [2.75, 3.05) is 18.1 Å². The fraction of sp³-hybridized carbons (Fsp3) is 0.333. The van der Waals surface area contributed by atoms with E-state index in [-0.39, 0.29) is 24.9 Å². The van der Waals surface area contributed by atoms with Crippen LogP contribution >= 0.6 is 0 Å². The summed E-state index contributed by atoms with van der Waals surface area (Å²) in [5.74, 6) is -0.125. The van der Waals surface area contributed by atoms with Gasteiger partial charge in [0.25, 0.3) is 0 Å². The molecule has 0 unspecified atom stereocenters. The third kappa shape index (κ3) is 5.65. The minimum Gasteiger partial charge on any atom is -0.325 e. The van der Waals surface area contributed by atoms with E-state index in [0.717, 1.165) is 21.7 Å². The van der Waals surface area contributed by atoms with Gasteiger partial charge in [0, 0.05) is 24.6 Å². The maximum absolute atomic E-state index is 12.4. The third-order valence-corrected chi connectivity index (χ3v) is 4.92. The van der Waals surface area contributed by atoms with Crippen molar-refractivity contribution in [1.29, 1.82) is 0 Å². The number of hydrogen-bond donors (Lipinski definition) is 1. The van der Waals surface area contributed by atoms with Gasteiger partial charge in [0.05, 0.1) is 12.8 Å². The first kappa shape index (κ1) is 19.1. The molecular formula is C18H23N3O3S. The molecule has 0 aliphatic heterocycles. The molecule has 0 aliphatic rings. The minimum absolute atomic E-state index is 0.103. The number of aromatic nitrogens is 1. The molecule has 1 amide bonds. The summed E-state index contributed by atoms with van der Waals surface area (Å²) in [6.07, 6.45) is 4.30. The van der Waals surface area contributed by atoms with Gasteiger partial charge in [0.15, 0.2) is 0 Å². The van der Waals surface area contributed by atoms with Gasteiger partial charge in [0.2, 0.25) is 15.9 Å². The quantitative estimate of drug-likeness (QED) is 0.822. The van der Waals surface area contributed by atoms with E-state index in [1.165, 1.54) is 0 Å². The molecule has 2 aromatic rings. The van der Waals surface area contributed by atoms with Crippen LogP contribution in [0, 0.1) is 0 Å². The van der Waals surface area contributed by atoms with Crippen LogP contribution in [0.3, 0.4) is 0 Å². The largest absolute Gasteiger partial charge is 0.325 e. The van der Waals surface area contributed by atoms with E-state index in [0.29, 0.717) is 5.69 Å². The summed E-state index contributed by atoms with van der Waals surface area (Å²) in [4.78, 5) is 16.4. The SMILES string of the molecule is CC(C)c1ccccc1NC(=O)CN(Cc1cccnc1)S(C)(=O)=O. The molecule has 134 valence electrons. The van der Waals surface area contributed by atoms with Gasteiger partial charge in [-0.25, -0.2) is 8.42 Å². The minimum atomic E-state index is -3.53. The highest BCUT2D eigenvalue weighted by atomic mass is 32.2. The van der Waals surface area contributed by atoms with Crippen molar-refractivity contribution in [3.8, 4) is 0 Å². The number of carbonyl (C=O) groups is 1. The standard InChI is InChI=1S/C18H23N3O3S/c1-14(2)16-8-4-5-9-17(16)20-18(22)13-21(25(3,23)24)12-15-7-6-10-19-11-15/h4-11,14H,12-13H2,1-3H3,(H,20,22). The van der Waals surface area contributed by atoms with Crippen LogP contribution in [-0.4, -0.2) is 36.4 Å². The lowest BCUT2D eigenvalue weighted by molar-refractivity contribution is -0.116. The van der Waals surface area contributed by atoms with Gasteiger partial charge < -0.3 is 5.32 Å². The summed E-state index contributed by atoms with van der Waals surface area (Å²) in [5.41, 5.74) is 2.44. The summed E-state index contributed by atoms with van der Waals surface area (Å²) in [6, 6.07) is 11.0. The average molecular weight is 361 g/mol. The van der Waals surface area contributed by atoms with Gasteiger partial charge in [-0.15, -0.1) is 0 Å². The predicted molar refractivity (Wildman–Crippen MR) is 98.7 cm³/mol. The maximum atomic E-state index is 12.4. The van der Waals surface area contributed by atoms with Crippen molar-refractivity contribution < 1.29 is 13.2 Å². The van der Waals surface area contributed by atoms with Crippen molar-refractivity contribution in [2.24, 2.45) is 0 Å². The Morgan fingerprint density at radius 1 is 1.20 bits per heavy atom. The Balaban J connectivity index is 2.13. The molecule has 1 N–H and O–H groups in total. The van der Waals surface area contributed by atoms with Crippen LogP contribution in [0.2, 0.25) is 0 Å². The van der Waals surface area contributed by atoms with E-state index in [1.54, 1.807) is 24.5 Å². The van der Waals surface area contributed by atoms with E-state index < -0.39 is 10.0 Å². The molecule has 0 saturated heterocycles. The van der Waals surface area contributed by atoms with Crippen LogP contribution < -0.4 is 5.32 Å². The molecule has 1 heterocycles. The molecule has 1 aromatic heterocycles. The zero-order chi connectivity index (χ0) is 18.4. The molecular weight excluding hydrogens is 338 g/mol. The fourth-order valence-corrected chi connectivity index (χ4v) is 3.19. The zero-order valence-electron chi connectivity index (χ0n) is 14.6. The summed E-state index contributed by atoms with van der Waals surface area (Å²) < 4.78 is 25.2. The lowest BCUT2D eigenvalue weighted by atomic mass is 10.0. The van der Waals surface area contributed by atoms with Gasteiger partial charge in [-0.05, 0) is 29.2 Å². The van der Waals surface area contributed by atoms with E-state index in [4.69, 9.17) is 0 Å². The molecule has 0 aliphatic carbocycles. The zero-order valence-corrected chi connectivity index (χ0v) is 15.5. The number of anilines is 1. The first-order chi connectivity index (χ1) is 11.8. The monoisotopic (exact) mass is 361 g/mol. The second-order valence-electron chi connectivity index (χ2n) is 6.18. The summed E-state index contributed by atoms with van der Waals surface area (Å²) in [7, 11) is -3.53. The van der Waals surface area contributed by atoms with Gasteiger partial charge in [-0.2, -0.15) is 4.31 Å². The van der Waals surface area contributed by atoms with Crippen molar-refractivity contribution in [3.63, 3.8) is 0 Å². The predicted octanol–water partition coefficient (Wildman–Crippen LogP) is 2.61. The number of para-hydroxylation sites is 1. The molecule has 0 fully saturated rings. The first-order valence-corrected chi connectivity index (χ1v) is 9.85. The Morgan fingerprint density at radius 3 is 2.52 bits per heavy atom. The number of pyridine rings is 1. The highest BCUT2D eigenvalue weighted by Gasteiger charge is 2.21. The Kier molecular flexibility index (Phi) is 6.27. The number of rotatable bonds is 7. The van der Waals surface area contributed by atoms with Crippen molar-refractivity contribution >= 4 is 21.6 Å². The van der Waals surface area contributed by atoms with Crippen molar-refractivity contribution in [3.05, 3.63) is 59.9 Å². The maximum Gasteiger partial charge on any atom is 0.239 e. The number of sulfonamides is 1. The highest BCUT2D eigenvalue weighted by Crippen LogP contribution is 2.23. The molecule has 25 heavy (non-hydrogen) atoms. The molecule has 6 nitrogen and oxygen atoms in total. The molecule has 7 heteroatoms. The van der Waals surface area contributed by atoms with Crippen LogP contribution in [0.4, 0.5) is 5.69 Å². The highest BCUT2D eigenvalue weighted by molar-refractivity contribution is 7.88. The van der Waals surface area contributed by atoms with Gasteiger partial charge in [-0.1, -0.05) is 38.1 Å².